The molecule has 7 heteroatoms. The summed E-state index contributed by atoms with van der Waals surface area (Å²) < 4.78 is 6.72. The summed E-state index contributed by atoms with van der Waals surface area (Å²) >= 11 is 6.51. The lowest BCUT2D eigenvalue weighted by Crippen LogP contribution is -2.24. The fraction of sp³-hybridized carbons (Fsp3) is 0.381. The highest BCUT2D eigenvalue weighted by Crippen LogP contribution is 2.38. The quantitative estimate of drug-likeness (QED) is 0.244. The maximum Gasteiger partial charge on any atom is 0.316 e. The summed E-state index contributed by atoms with van der Waals surface area (Å²) in [5.41, 5.74) is 2.22. The maximum absolute atomic E-state index is 12.3. The van der Waals surface area contributed by atoms with Gasteiger partial charge in [-0.15, -0.1) is 11.3 Å². The zero-order chi connectivity index (χ0) is 19.5. The number of thioether (sulfide) groups is 1. The number of nitrogens with zero attached hydrogens (tertiary/aromatic N) is 2. The number of aromatic nitrogens is 2. The van der Waals surface area contributed by atoms with Crippen molar-refractivity contribution in [2.45, 2.75) is 43.7 Å². The first-order valence-corrected chi connectivity index (χ1v) is 12.1. The van der Waals surface area contributed by atoms with Crippen molar-refractivity contribution in [1.82, 2.24) is 9.97 Å². The van der Waals surface area contributed by atoms with E-state index in [0.29, 0.717) is 0 Å². The molecule has 0 saturated heterocycles. The number of rotatable bonds is 5. The lowest BCUT2D eigenvalue weighted by Gasteiger charge is -2.25. The summed E-state index contributed by atoms with van der Waals surface area (Å²) in [6, 6.07) is 8.20. The summed E-state index contributed by atoms with van der Waals surface area (Å²) in [5.74, 6) is 0.860. The molecule has 1 aliphatic carbocycles. The molecule has 2 aromatic heterocycles. The van der Waals surface area contributed by atoms with E-state index in [1.165, 1.54) is 11.8 Å². The average Bonchev–Trinajstić information content (AvgIpc) is 3.13. The fourth-order valence-electron chi connectivity index (χ4n) is 3.49. The van der Waals surface area contributed by atoms with Gasteiger partial charge < -0.3 is 4.74 Å². The summed E-state index contributed by atoms with van der Waals surface area (Å²) in [7, 11) is 0. The molecule has 146 valence electrons. The van der Waals surface area contributed by atoms with Gasteiger partial charge in [0, 0.05) is 15.4 Å². The molecule has 2 heterocycles. The van der Waals surface area contributed by atoms with Gasteiger partial charge in [0.2, 0.25) is 0 Å². The van der Waals surface area contributed by atoms with Crippen molar-refractivity contribution in [2.75, 3.05) is 5.75 Å². The van der Waals surface area contributed by atoms with E-state index < -0.39 is 0 Å². The average molecular weight is 477 g/mol. The van der Waals surface area contributed by atoms with Gasteiger partial charge in [-0.05, 0) is 49.3 Å². The first-order valence-electron chi connectivity index (χ1n) is 9.40. The monoisotopic (exact) mass is 476 g/mol. The van der Waals surface area contributed by atoms with Crippen LogP contribution < -0.4 is 0 Å². The smallest absolute Gasteiger partial charge is 0.316 e. The van der Waals surface area contributed by atoms with Gasteiger partial charge in [0.15, 0.2) is 0 Å². The fourth-order valence-corrected chi connectivity index (χ4v) is 5.53. The first kappa shape index (κ1) is 19.9. The van der Waals surface area contributed by atoms with Crippen molar-refractivity contribution < 1.29 is 9.53 Å². The van der Waals surface area contributed by atoms with Crippen molar-refractivity contribution in [3.05, 3.63) is 40.4 Å². The Morgan fingerprint density at radius 2 is 1.96 bits per heavy atom. The van der Waals surface area contributed by atoms with Crippen molar-refractivity contribution >= 4 is 55.2 Å². The van der Waals surface area contributed by atoms with E-state index in [0.717, 1.165) is 62.4 Å². The molecule has 4 rings (SSSR count). The van der Waals surface area contributed by atoms with Gasteiger partial charge in [0.25, 0.3) is 0 Å². The topological polar surface area (TPSA) is 52.1 Å². The number of hydrogen-bond acceptors (Lipinski definition) is 6. The van der Waals surface area contributed by atoms with Crippen LogP contribution in [0, 0.1) is 5.92 Å². The van der Waals surface area contributed by atoms with Crippen molar-refractivity contribution in [1.29, 1.82) is 0 Å². The Morgan fingerprint density at radius 1 is 1.21 bits per heavy atom. The van der Waals surface area contributed by atoms with Crippen LogP contribution in [0.5, 0.6) is 0 Å². The molecule has 0 bridgehead atoms. The zero-order valence-electron chi connectivity index (χ0n) is 15.6. The number of hydrogen-bond donors (Lipinski definition) is 0. The van der Waals surface area contributed by atoms with Crippen LogP contribution >= 0.6 is 39.0 Å². The molecule has 0 radical (unpaired) electrons. The second-order valence-corrected chi connectivity index (χ2v) is 9.91. The third-order valence-electron chi connectivity index (χ3n) is 5.08. The molecule has 4 nitrogen and oxygen atoms in total. The number of halogens is 1. The summed E-state index contributed by atoms with van der Waals surface area (Å²) in [6.45, 7) is 2.26. The number of esters is 1. The van der Waals surface area contributed by atoms with Crippen LogP contribution in [0.3, 0.4) is 0 Å². The van der Waals surface area contributed by atoms with E-state index in [1.807, 2.05) is 12.1 Å². The minimum Gasteiger partial charge on any atom is -0.462 e. The molecule has 3 aromatic rings. The van der Waals surface area contributed by atoms with E-state index in [-0.39, 0.29) is 17.8 Å². The summed E-state index contributed by atoms with van der Waals surface area (Å²) in [4.78, 5) is 22.1. The largest absolute Gasteiger partial charge is 0.462 e. The van der Waals surface area contributed by atoms with Crippen LogP contribution in [0.2, 0.25) is 0 Å². The van der Waals surface area contributed by atoms with Gasteiger partial charge in [0.1, 0.15) is 22.3 Å². The third kappa shape index (κ3) is 4.58. The molecule has 1 fully saturated rings. The Balaban J connectivity index is 1.48. The number of carbonyl (C=O) groups excluding carboxylic acids is 1. The van der Waals surface area contributed by atoms with Crippen LogP contribution in [0.1, 0.15) is 32.6 Å². The van der Waals surface area contributed by atoms with Crippen LogP contribution in [0.25, 0.3) is 21.3 Å². The summed E-state index contributed by atoms with van der Waals surface area (Å²) in [6.07, 6.45) is 5.89. The highest BCUT2D eigenvalue weighted by atomic mass is 79.9. The highest BCUT2D eigenvalue weighted by Gasteiger charge is 2.22. The third-order valence-corrected chi connectivity index (χ3v) is 7.46. The van der Waals surface area contributed by atoms with Crippen LogP contribution in [0.4, 0.5) is 0 Å². The maximum atomic E-state index is 12.3. The lowest BCUT2D eigenvalue weighted by molar-refractivity contribution is -0.147. The number of thiophene rings is 1. The summed E-state index contributed by atoms with van der Waals surface area (Å²) in [5, 5.41) is 3.95. The predicted octanol–water partition coefficient (Wildman–Crippen LogP) is 6.33. The van der Waals surface area contributed by atoms with Crippen molar-refractivity contribution in [3.8, 4) is 11.1 Å². The molecule has 0 atom stereocenters. The van der Waals surface area contributed by atoms with Gasteiger partial charge >= 0.3 is 5.97 Å². The van der Waals surface area contributed by atoms with Gasteiger partial charge in [0.05, 0.1) is 11.1 Å². The Kier molecular flexibility index (Phi) is 6.33. The van der Waals surface area contributed by atoms with Crippen molar-refractivity contribution in [3.63, 3.8) is 0 Å². The molecule has 0 spiro atoms. The SMILES string of the molecule is CC1CCC(OC(=O)CSc2ncnc3scc(-c4ccc(Br)cc4)c23)CC1. The van der Waals surface area contributed by atoms with Gasteiger partial charge in [-0.2, -0.15) is 0 Å². The van der Waals surface area contributed by atoms with E-state index in [9.17, 15) is 4.79 Å². The lowest BCUT2D eigenvalue weighted by atomic mass is 9.89. The molecular weight excluding hydrogens is 456 g/mol. The molecule has 1 saturated carbocycles. The Bertz CT molecular complexity index is 966. The molecule has 1 aliphatic rings. The molecule has 28 heavy (non-hydrogen) atoms. The van der Waals surface area contributed by atoms with Gasteiger partial charge in [-0.3, -0.25) is 4.79 Å². The number of ether oxygens (including phenoxy) is 1. The normalized spacial score (nSPS) is 19.6. The molecular formula is C21H21BrN2O2S2. The predicted molar refractivity (Wildman–Crippen MR) is 119 cm³/mol. The van der Waals surface area contributed by atoms with Gasteiger partial charge in [-0.25, -0.2) is 9.97 Å². The molecule has 0 N–H and O–H groups in total. The van der Waals surface area contributed by atoms with Crippen molar-refractivity contribution in [2.24, 2.45) is 5.92 Å². The molecule has 0 amide bonds. The van der Waals surface area contributed by atoms with Crippen LogP contribution in [-0.4, -0.2) is 27.8 Å². The minimum absolute atomic E-state index is 0.0780. The zero-order valence-corrected chi connectivity index (χ0v) is 18.8. The Labute approximate surface area is 181 Å². The number of benzene rings is 1. The Hall–Kier alpha value is -1.44. The number of carbonyl (C=O) groups is 1. The molecule has 0 aliphatic heterocycles. The molecule has 0 unspecified atom stereocenters. The standard InChI is InChI=1S/C21H21BrN2O2S2/c1-13-2-8-16(9-3-13)26-18(25)11-28-21-19-17(10-27-20(19)23-12-24-21)14-4-6-15(22)7-5-14/h4-7,10,12-13,16H,2-3,8-9,11H2,1H3. The number of fused-ring (bicyclic) bond motifs is 1. The first-order chi connectivity index (χ1) is 13.6. The van der Waals surface area contributed by atoms with Gasteiger partial charge in [-0.1, -0.05) is 46.7 Å². The Morgan fingerprint density at radius 3 is 2.71 bits per heavy atom. The van der Waals surface area contributed by atoms with Crippen LogP contribution in [0.15, 0.2) is 45.5 Å². The highest BCUT2D eigenvalue weighted by molar-refractivity contribution is 9.10. The second kappa shape index (κ2) is 8.93. The van der Waals surface area contributed by atoms with Crippen LogP contribution in [-0.2, 0) is 9.53 Å². The second-order valence-electron chi connectivity index (χ2n) is 7.18. The minimum atomic E-state index is -0.156. The van der Waals surface area contributed by atoms with E-state index in [2.05, 4.69) is 50.3 Å². The van der Waals surface area contributed by atoms with E-state index >= 15 is 0 Å². The van der Waals surface area contributed by atoms with E-state index in [4.69, 9.17) is 4.74 Å². The molecule has 1 aromatic carbocycles. The van der Waals surface area contributed by atoms with E-state index in [1.54, 1.807) is 17.7 Å².